The maximum Gasteiger partial charge on any atom is 0.0991 e. The third-order valence-corrected chi connectivity index (χ3v) is 3.66. The molecule has 2 rings (SSSR count). The van der Waals surface area contributed by atoms with Gasteiger partial charge in [0.1, 0.15) is 0 Å². The van der Waals surface area contributed by atoms with E-state index in [1.54, 1.807) is 0 Å². The maximum absolute atomic E-state index is 8.84. The van der Waals surface area contributed by atoms with Crippen molar-refractivity contribution in [3.05, 3.63) is 35.4 Å². The summed E-state index contributed by atoms with van der Waals surface area (Å²) < 4.78 is 0. The fourth-order valence-electron chi connectivity index (χ4n) is 2.59. The second-order valence-corrected chi connectivity index (χ2v) is 5.24. The van der Waals surface area contributed by atoms with Crippen LogP contribution in [-0.2, 0) is 6.54 Å². The standard InChI is InChI=1S/C16H23N3/c17-13-15-6-4-7-16(12-15)14-18-8-5-11-19-9-2-1-3-10-19/h4,6-7,12,18H,1-3,5,8-11,14H2. The summed E-state index contributed by atoms with van der Waals surface area (Å²) in [5.41, 5.74) is 1.93. The second-order valence-electron chi connectivity index (χ2n) is 5.24. The summed E-state index contributed by atoms with van der Waals surface area (Å²) >= 11 is 0. The van der Waals surface area contributed by atoms with Gasteiger partial charge in [-0.2, -0.15) is 5.26 Å². The molecule has 1 N–H and O–H groups in total. The van der Waals surface area contributed by atoms with Crippen LogP contribution in [0.15, 0.2) is 24.3 Å². The van der Waals surface area contributed by atoms with Gasteiger partial charge in [-0.3, -0.25) is 0 Å². The number of hydrogen-bond acceptors (Lipinski definition) is 3. The molecule has 0 atom stereocenters. The fraction of sp³-hybridized carbons (Fsp3) is 0.562. The number of nitriles is 1. The molecular formula is C16H23N3. The van der Waals surface area contributed by atoms with Gasteiger partial charge in [0.2, 0.25) is 0 Å². The van der Waals surface area contributed by atoms with Gasteiger partial charge in [-0.15, -0.1) is 0 Å². The number of hydrogen-bond donors (Lipinski definition) is 1. The topological polar surface area (TPSA) is 39.1 Å². The van der Waals surface area contributed by atoms with Gasteiger partial charge in [0, 0.05) is 6.54 Å². The zero-order chi connectivity index (χ0) is 13.3. The smallest absolute Gasteiger partial charge is 0.0991 e. The average Bonchev–Trinajstić information content (AvgIpc) is 2.48. The minimum atomic E-state index is 0.743. The van der Waals surface area contributed by atoms with Crippen molar-refractivity contribution in [2.24, 2.45) is 0 Å². The zero-order valence-electron chi connectivity index (χ0n) is 11.6. The molecule has 1 aromatic rings. The van der Waals surface area contributed by atoms with E-state index in [4.69, 9.17) is 5.26 Å². The Morgan fingerprint density at radius 2 is 2.05 bits per heavy atom. The molecule has 1 saturated heterocycles. The highest BCUT2D eigenvalue weighted by molar-refractivity contribution is 5.32. The van der Waals surface area contributed by atoms with Crippen LogP contribution in [0.5, 0.6) is 0 Å². The second kappa shape index (κ2) is 7.93. The van der Waals surface area contributed by atoms with E-state index in [9.17, 15) is 0 Å². The van der Waals surface area contributed by atoms with Crippen molar-refractivity contribution >= 4 is 0 Å². The molecule has 0 spiro atoms. The highest BCUT2D eigenvalue weighted by atomic mass is 15.1. The highest BCUT2D eigenvalue weighted by Crippen LogP contribution is 2.08. The van der Waals surface area contributed by atoms with Crippen molar-refractivity contribution in [1.82, 2.24) is 10.2 Å². The van der Waals surface area contributed by atoms with Gasteiger partial charge in [-0.25, -0.2) is 0 Å². The Hall–Kier alpha value is -1.37. The van der Waals surface area contributed by atoms with E-state index >= 15 is 0 Å². The zero-order valence-corrected chi connectivity index (χ0v) is 11.6. The third kappa shape index (κ3) is 5.02. The molecule has 0 saturated carbocycles. The van der Waals surface area contributed by atoms with Crippen LogP contribution in [0.3, 0.4) is 0 Å². The lowest BCUT2D eigenvalue weighted by molar-refractivity contribution is 0.225. The fourth-order valence-corrected chi connectivity index (χ4v) is 2.59. The Balaban J connectivity index is 1.59. The summed E-state index contributed by atoms with van der Waals surface area (Å²) in [6.45, 7) is 5.68. The van der Waals surface area contributed by atoms with E-state index in [-0.39, 0.29) is 0 Å². The quantitative estimate of drug-likeness (QED) is 0.796. The van der Waals surface area contributed by atoms with Gasteiger partial charge in [0.25, 0.3) is 0 Å². The molecule has 1 aliphatic rings. The molecule has 0 aliphatic carbocycles. The molecule has 1 heterocycles. The lowest BCUT2D eigenvalue weighted by atomic mass is 10.1. The molecule has 1 aromatic carbocycles. The van der Waals surface area contributed by atoms with Crippen LogP contribution in [0.1, 0.15) is 36.8 Å². The maximum atomic E-state index is 8.84. The number of nitrogens with zero attached hydrogens (tertiary/aromatic N) is 2. The Bertz CT molecular complexity index is 416. The SMILES string of the molecule is N#Cc1cccc(CNCCCN2CCCCC2)c1. The van der Waals surface area contributed by atoms with Gasteiger partial charge in [0.15, 0.2) is 0 Å². The van der Waals surface area contributed by atoms with E-state index in [2.05, 4.69) is 22.4 Å². The summed E-state index contributed by atoms with van der Waals surface area (Å²) in [7, 11) is 0. The van der Waals surface area contributed by atoms with E-state index in [1.807, 2.05) is 18.2 Å². The Kier molecular flexibility index (Phi) is 5.87. The molecule has 1 aliphatic heterocycles. The summed E-state index contributed by atoms with van der Waals surface area (Å²) in [4.78, 5) is 2.57. The van der Waals surface area contributed by atoms with Gasteiger partial charge in [-0.05, 0) is 63.1 Å². The number of rotatable bonds is 6. The number of likely N-dealkylation sites (tertiary alicyclic amines) is 1. The number of piperidine rings is 1. The van der Waals surface area contributed by atoms with Crippen LogP contribution in [0.2, 0.25) is 0 Å². The van der Waals surface area contributed by atoms with Crippen molar-refractivity contribution in [2.45, 2.75) is 32.2 Å². The first-order chi connectivity index (χ1) is 9.38. The largest absolute Gasteiger partial charge is 0.313 e. The predicted molar refractivity (Wildman–Crippen MR) is 77.8 cm³/mol. The van der Waals surface area contributed by atoms with Crippen molar-refractivity contribution in [1.29, 1.82) is 5.26 Å². The molecule has 0 bridgehead atoms. The van der Waals surface area contributed by atoms with Crippen LogP contribution in [0, 0.1) is 11.3 Å². The molecule has 102 valence electrons. The first-order valence-corrected chi connectivity index (χ1v) is 7.30. The van der Waals surface area contributed by atoms with E-state index in [0.29, 0.717) is 0 Å². The molecule has 3 nitrogen and oxygen atoms in total. The van der Waals surface area contributed by atoms with Crippen LogP contribution < -0.4 is 5.32 Å². The number of benzene rings is 1. The van der Waals surface area contributed by atoms with Crippen molar-refractivity contribution in [2.75, 3.05) is 26.2 Å². The van der Waals surface area contributed by atoms with Crippen LogP contribution in [-0.4, -0.2) is 31.1 Å². The van der Waals surface area contributed by atoms with Gasteiger partial charge < -0.3 is 10.2 Å². The summed E-state index contributed by atoms with van der Waals surface area (Å²) in [6.07, 6.45) is 5.35. The van der Waals surface area contributed by atoms with Gasteiger partial charge in [0.05, 0.1) is 11.6 Å². The lowest BCUT2D eigenvalue weighted by Crippen LogP contribution is -2.32. The molecule has 19 heavy (non-hydrogen) atoms. The minimum Gasteiger partial charge on any atom is -0.313 e. The van der Waals surface area contributed by atoms with E-state index in [0.717, 1.165) is 18.7 Å². The van der Waals surface area contributed by atoms with E-state index in [1.165, 1.54) is 50.9 Å². The Labute approximate surface area is 116 Å². The normalized spacial score (nSPS) is 16.2. The van der Waals surface area contributed by atoms with Crippen molar-refractivity contribution in [3.63, 3.8) is 0 Å². The average molecular weight is 257 g/mol. The van der Waals surface area contributed by atoms with E-state index < -0.39 is 0 Å². The first-order valence-electron chi connectivity index (χ1n) is 7.30. The number of nitrogens with one attached hydrogen (secondary N) is 1. The molecule has 0 aromatic heterocycles. The molecule has 0 amide bonds. The summed E-state index contributed by atoms with van der Waals surface area (Å²) in [5, 5.41) is 12.3. The van der Waals surface area contributed by atoms with Gasteiger partial charge >= 0.3 is 0 Å². The summed E-state index contributed by atoms with van der Waals surface area (Å²) in [6, 6.07) is 10.00. The molecule has 1 fully saturated rings. The molecule has 0 radical (unpaired) electrons. The van der Waals surface area contributed by atoms with Crippen LogP contribution in [0.4, 0.5) is 0 Å². The van der Waals surface area contributed by atoms with Crippen LogP contribution in [0.25, 0.3) is 0 Å². The Morgan fingerprint density at radius 3 is 2.84 bits per heavy atom. The highest BCUT2D eigenvalue weighted by Gasteiger charge is 2.08. The summed E-state index contributed by atoms with van der Waals surface area (Å²) in [5.74, 6) is 0. The van der Waals surface area contributed by atoms with Crippen LogP contribution >= 0.6 is 0 Å². The van der Waals surface area contributed by atoms with Gasteiger partial charge in [-0.1, -0.05) is 18.6 Å². The predicted octanol–water partition coefficient (Wildman–Crippen LogP) is 2.52. The van der Waals surface area contributed by atoms with Crippen molar-refractivity contribution in [3.8, 4) is 6.07 Å². The lowest BCUT2D eigenvalue weighted by Gasteiger charge is -2.26. The first kappa shape index (κ1) is 14.0. The Morgan fingerprint density at radius 1 is 1.21 bits per heavy atom. The minimum absolute atomic E-state index is 0.743. The third-order valence-electron chi connectivity index (χ3n) is 3.66. The monoisotopic (exact) mass is 257 g/mol. The molecule has 0 unspecified atom stereocenters. The molecule has 3 heteroatoms. The van der Waals surface area contributed by atoms with Crippen molar-refractivity contribution < 1.29 is 0 Å². The molecular weight excluding hydrogens is 234 g/mol.